The lowest BCUT2D eigenvalue weighted by Crippen LogP contribution is -2.17. The Labute approximate surface area is 128 Å². The van der Waals surface area contributed by atoms with E-state index in [0.29, 0.717) is 0 Å². The molecule has 3 unspecified atom stereocenters. The molecule has 0 aromatic rings. The number of carboxylic acids is 2. The molecule has 21 heavy (non-hydrogen) atoms. The van der Waals surface area contributed by atoms with Gasteiger partial charge < -0.3 is 10.2 Å². The third-order valence-corrected chi connectivity index (χ3v) is 3.49. The Morgan fingerprint density at radius 3 is 1.95 bits per heavy atom. The van der Waals surface area contributed by atoms with Crippen LogP contribution in [-0.4, -0.2) is 22.2 Å². The largest absolute Gasteiger partial charge is 0.481 e. The van der Waals surface area contributed by atoms with Crippen molar-refractivity contribution in [3.63, 3.8) is 0 Å². The van der Waals surface area contributed by atoms with Crippen molar-refractivity contribution in [1.82, 2.24) is 0 Å². The summed E-state index contributed by atoms with van der Waals surface area (Å²) in [5.41, 5.74) is 0. The second kappa shape index (κ2) is 13.4. The number of allylic oxidation sites excluding steroid dienone is 2. The van der Waals surface area contributed by atoms with E-state index in [9.17, 15) is 9.59 Å². The van der Waals surface area contributed by atoms with Crippen LogP contribution in [0.5, 0.6) is 0 Å². The smallest absolute Gasteiger partial charge is 0.306 e. The second-order valence-corrected chi connectivity index (χ2v) is 5.32. The fourth-order valence-corrected chi connectivity index (χ4v) is 1.77. The summed E-state index contributed by atoms with van der Waals surface area (Å²) in [6.45, 7) is 12.7. The fraction of sp³-hybridized carbons (Fsp3) is 0.647. The molecule has 4 heteroatoms. The summed E-state index contributed by atoms with van der Waals surface area (Å²) in [6, 6.07) is 0. The molecule has 0 saturated heterocycles. The summed E-state index contributed by atoms with van der Waals surface area (Å²) in [7, 11) is 0. The van der Waals surface area contributed by atoms with E-state index in [1.54, 1.807) is 19.1 Å². The first-order valence-electron chi connectivity index (χ1n) is 7.49. The lowest BCUT2D eigenvalue weighted by molar-refractivity contribution is -0.143. The van der Waals surface area contributed by atoms with Crippen molar-refractivity contribution in [3.05, 3.63) is 25.3 Å². The van der Waals surface area contributed by atoms with Gasteiger partial charge in [0.25, 0.3) is 0 Å². The fourth-order valence-electron chi connectivity index (χ4n) is 1.77. The molecule has 0 aromatic heterocycles. The van der Waals surface area contributed by atoms with E-state index in [0.717, 1.165) is 32.1 Å². The first-order valence-corrected chi connectivity index (χ1v) is 7.49. The summed E-state index contributed by atoms with van der Waals surface area (Å²) in [4.78, 5) is 20.9. The molecular formula is C17H30O4. The van der Waals surface area contributed by atoms with Gasteiger partial charge in [-0.25, -0.2) is 0 Å². The molecule has 0 aromatic carbocycles. The average molecular weight is 298 g/mol. The van der Waals surface area contributed by atoms with E-state index in [4.69, 9.17) is 10.2 Å². The zero-order valence-electron chi connectivity index (χ0n) is 13.5. The minimum Gasteiger partial charge on any atom is -0.481 e. The van der Waals surface area contributed by atoms with Gasteiger partial charge in [-0.3, -0.25) is 9.59 Å². The van der Waals surface area contributed by atoms with Gasteiger partial charge in [0, 0.05) is 0 Å². The summed E-state index contributed by atoms with van der Waals surface area (Å²) in [6.07, 6.45) is 7.55. The van der Waals surface area contributed by atoms with E-state index < -0.39 is 11.9 Å². The van der Waals surface area contributed by atoms with E-state index in [1.807, 2.05) is 13.8 Å². The summed E-state index contributed by atoms with van der Waals surface area (Å²) in [5, 5.41) is 17.2. The number of hydrogen-bond donors (Lipinski definition) is 2. The lowest BCUT2D eigenvalue weighted by Gasteiger charge is -2.12. The maximum absolute atomic E-state index is 10.6. The molecule has 0 amide bonds. The first kappa shape index (κ1) is 21.7. The van der Waals surface area contributed by atoms with Gasteiger partial charge in [-0.15, -0.1) is 13.2 Å². The summed E-state index contributed by atoms with van der Waals surface area (Å²) in [5.74, 6) is -1.64. The predicted octanol–water partition coefficient (Wildman–Crippen LogP) is 4.37. The molecule has 0 rings (SSSR count). The number of aliphatic carboxylic acids is 2. The van der Waals surface area contributed by atoms with Crippen molar-refractivity contribution in [2.75, 3.05) is 0 Å². The van der Waals surface area contributed by atoms with Crippen LogP contribution in [0.25, 0.3) is 0 Å². The zero-order chi connectivity index (χ0) is 16.8. The number of rotatable bonds is 10. The van der Waals surface area contributed by atoms with Crippen LogP contribution in [0.2, 0.25) is 0 Å². The third-order valence-electron chi connectivity index (χ3n) is 3.49. The Bertz CT molecular complexity index is 323. The number of hydrogen-bond acceptors (Lipinski definition) is 2. The molecule has 4 nitrogen and oxygen atoms in total. The predicted molar refractivity (Wildman–Crippen MR) is 86.2 cm³/mol. The highest BCUT2D eigenvalue weighted by atomic mass is 16.4. The van der Waals surface area contributed by atoms with Crippen LogP contribution in [0, 0.1) is 17.8 Å². The molecule has 0 fully saturated rings. The molecule has 0 spiro atoms. The molecule has 0 heterocycles. The molecular weight excluding hydrogens is 268 g/mol. The minimum atomic E-state index is -0.727. The first-order chi connectivity index (χ1) is 9.81. The Balaban J connectivity index is 0. The standard InChI is InChI=1S/C9H16O2.C8H14O2/c1-3-5-7-8(6-4-2)9(10)11;1-4-5-6(2)7(3)8(9)10/h3,8H,1,4-7H2,2H3,(H,10,11);4,6-7H,1,5H2,2-3H3,(H,9,10). The van der Waals surface area contributed by atoms with Gasteiger partial charge in [0.2, 0.25) is 0 Å². The van der Waals surface area contributed by atoms with Gasteiger partial charge in [0.05, 0.1) is 11.8 Å². The Morgan fingerprint density at radius 2 is 1.62 bits per heavy atom. The van der Waals surface area contributed by atoms with E-state index in [1.165, 1.54) is 0 Å². The van der Waals surface area contributed by atoms with Crippen LogP contribution in [0.3, 0.4) is 0 Å². The van der Waals surface area contributed by atoms with E-state index in [-0.39, 0.29) is 17.8 Å². The second-order valence-electron chi connectivity index (χ2n) is 5.32. The maximum atomic E-state index is 10.6. The van der Waals surface area contributed by atoms with Gasteiger partial charge in [0.1, 0.15) is 0 Å². The molecule has 0 saturated carbocycles. The molecule has 0 aliphatic rings. The lowest BCUT2D eigenvalue weighted by atomic mass is 9.93. The van der Waals surface area contributed by atoms with E-state index >= 15 is 0 Å². The highest BCUT2D eigenvalue weighted by molar-refractivity contribution is 5.70. The molecule has 0 bridgehead atoms. The molecule has 3 atom stereocenters. The van der Waals surface area contributed by atoms with Crippen molar-refractivity contribution >= 4 is 11.9 Å². The molecule has 2 N–H and O–H groups in total. The van der Waals surface area contributed by atoms with Crippen LogP contribution in [0.1, 0.15) is 52.9 Å². The third kappa shape index (κ3) is 11.9. The minimum absolute atomic E-state index is 0.169. The number of carboxylic acid groups (broad SMARTS) is 2. The van der Waals surface area contributed by atoms with Crippen LogP contribution < -0.4 is 0 Å². The van der Waals surface area contributed by atoms with Crippen molar-refractivity contribution in [3.8, 4) is 0 Å². The zero-order valence-corrected chi connectivity index (χ0v) is 13.5. The SMILES string of the molecule is C=CCC(C)C(C)C(=O)O.C=CCCC(CCC)C(=O)O. The van der Waals surface area contributed by atoms with Crippen LogP contribution in [0.15, 0.2) is 25.3 Å². The van der Waals surface area contributed by atoms with Crippen LogP contribution in [0.4, 0.5) is 0 Å². The van der Waals surface area contributed by atoms with Crippen molar-refractivity contribution in [2.45, 2.75) is 52.9 Å². The Morgan fingerprint density at radius 1 is 1.05 bits per heavy atom. The van der Waals surface area contributed by atoms with Gasteiger partial charge in [-0.05, 0) is 31.6 Å². The van der Waals surface area contributed by atoms with Crippen molar-refractivity contribution < 1.29 is 19.8 Å². The molecule has 122 valence electrons. The van der Waals surface area contributed by atoms with Crippen LogP contribution >= 0.6 is 0 Å². The topological polar surface area (TPSA) is 74.6 Å². The summed E-state index contributed by atoms with van der Waals surface area (Å²) >= 11 is 0. The Hall–Kier alpha value is -1.58. The summed E-state index contributed by atoms with van der Waals surface area (Å²) < 4.78 is 0. The quantitative estimate of drug-likeness (QED) is 0.587. The van der Waals surface area contributed by atoms with Crippen molar-refractivity contribution in [2.24, 2.45) is 17.8 Å². The normalized spacial score (nSPS) is 14.0. The maximum Gasteiger partial charge on any atom is 0.306 e. The van der Waals surface area contributed by atoms with E-state index in [2.05, 4.69) is 13.2 Å². The van der Waals surface area contributed by atoms with Crippen LogP contribution in [-0.2, 0) is 9.59 Å². The van der Waals surface area contributed by atoms with Gasteiger partial charge >= 0.3 is 11.9 Å². The molecule has 0 aliphatic carbocycles. The molecule has 0 radical (unpaired) electrons. The highest BCUT2D eigenvalue weighted by Crippen LogP contribution is 2.15. The van der Waals surface area contributed by atoms with Gasteiger partial charge in [-0.2, -0.15) is 0 Å². The Kier molecular flexibility index (Phi) is 13.9. The van der Waals surface area contributed by atoms with Gasteiger partial charge in [-0.1, -0.05) is 39.3 Å². The van der Waals surface area contributed by atoms with Crippen molar-refractivity contribution in [1.29, 1.82) is 0 Å². The average Bonchev–Trinajstić information content (AvgIpc) is 2.43. The number of carbonyl (C=O) groups is 2. The monoisotopic (exact) mass is 298 g/mol. The molecule has 0 aliphatic heterocycles. The highest BCUT2D eigenvalue weighted by Gasteiger charge is 2.17. The van der Waals surface area contributed by atoms with Gasteiger partial charge in [0.15, 0.2) is 0 Å².